The molecule has 3 aromatic rings. The van der Waals surface area contributed by atoms with Crippen molar-refractivity contribution in [2.75, 3.05) is 0 Å². The molecule has 0 aliphatic rings. The van der Waals surface area contributed by atoms with E-state index in [4.69, 9.17) is 8.94 Å². The molecule has 1 aromatic carbocycles. The lowest BCUT2D eigenvalue weighted by molar-refractivity contribution is -0.224. The zero-order valence-electron chi connectivity index (χ0n) is 14.8. The monoisotopic (exact) mass is 434 g/mol. The van der Waals surface area contributed by atoms with Gasteiger partial charge in [0.1, 0.15) is 0 Å². The Morgan fingerprint density at radius 1 is 1.10 bits per heavy atom. The largest absolute Gasteiger partial charge is 0.461 e. The fourth-order valence-electron chi connectivity index (χ4n) is 2.46. The molecule has 0 radical (unpaired) electrons. The highest BCUT2D eigenvalue weighted by atomic mass is 19.4. The van der Waals surface area contributed by atoms with Crippen LogP contribution in [0.4, 0.5) is 26.3 Å². The molecule has 160 valence electrons. The quantitative estimate of drug-likeness (QED) is 0.396. The molecule has 1 atom stereocenters. The molecule has 0 bridgehead atoms. The number of carbonyl (C=O) groups excluding carboxylic acids is 1. The van der Waals surface area contributed by atoms with Gasteiger partial charge in [0.05, 0.1) is 18.2 Å². The van der Waals surface area contributed by atoms with Crippen LogP contribution < -0.4 is 0 Å². The second-order valence-corrected chi connectivity index (χ2v) is 6.02. The van der Waals surface area contributed by atoms with E-state index in [9.17, 15) is 31.1 Å². The smallest absolute Gasteiger partial charge is 0.429 e. The van der Waals surface area contributed by atoms with E-state index >= 15 is 0 Å². The number of alkyl halides is 6. The van der Waals surface area contributed by atoms with E-state index in [-0.39, 0.29) is 23.9 Å². The van der Waals surface area contributed by atoms with E-state index in [2.05, 4.69) is 14.9 Å². The van der Waals surface area contributed by atoms with Crippen molar-refractivity contribution in [1.29, 1.82) is 0 Å². The van der Waals surface area contributed by atoms with Crippen molar-refractivity contribution < 1.29 is 44.8 Å². The maximum atomic E-state index is 13.3. The number of esters is 1. The molecular formula is C18H12F6N2O4. The molecule has 0 aliphatic carbocycles. The molecule has 0 aliphatic heterocycles. The van der Waals surface area contributed by atoms with Gasteiger partial charge in [-0.25, -0.2) is 0 Å². The van der Waals surface area contributed by atoms with Crippen LogP contribution in [-0.2, 0) is 22.1 Å². The summed E-state index contributed by atoms with van der Waals surface area (Å²) in [6.45, 7) is 0. The maximum absolute atomic E-state index is 13.3. The second kappa shape index (κ2) is 8.20. The normalized spacial score (nSPS) is 13.3. The Balaban J connectivity index is 1.68. The minimum Gasteiger partial charge on any atom is -0.461 e. The van der Waals surface area contributed by atoms with Gasteiger partial charge >= 0.3 is 18.3 Å². The van der Waals surface area contributed by atoms with Crippen LogP contribution in [0.5, 0.6) is 0 Å². The standard InChI is InChI=1S/C18H12F6N2O4/c19-17(20,21)11-4-1-3-10(9-11)15(18(22,23)24)29-14(27)7-6-13-25-16(26-30-13)12-5-2-8-28-12/h1-5,8-9,15H,6-7H2/t15-/m0/s1. The molecule has 3 rings (SSSR count). The molecule has 12 heteroatoms. The van der Waals surface area contributed by atoms with Crippen molar-refractivity contribution in [2.24, 2.45) is 0 Å². The Morgan fingerprint density at radius 2 is 1.87 bits per heavy atom. The van der Waals surface area contributed by atoms with E-state index < -0.39 is 42.0 Å². The minimum atomic E-state index is -5.11. The summed E-state index contributed by atoms with van der Waals surface area (Å²) in [4.78, 5) is 15.8. The van der Waals surface area contributed by atoms with E-state index in [1.54, 1.807) is 12.1 Å². The number of ether oxygens (including phenoxy) is 1. The van der Waals surface area contributed by atoms with Crippen LogP contribution in [0.3, 0.4) is 0 Å². The molecular weight excluding hydrogens is 422 g/mol. The lowest BCUT2D eigenvalue weighted by Crippen LogP contribution is -2.26. The fraction of sp³-hybridized carbons (Fsp3) is 0.278. The van der Waals surface area contributed by atoms with Crippen LogP contribution in [0.2, 0.25) is 0 Å². The molecule has 0 saturated heterocycles. The number of carbonyl (C=O) groups is 1. The number of halogens is 6. The van der Waals surface area contributed by atoms with Gasteiger partial charge in [-0.3, -0.25) is 4.79 Å². The van der Waals surface area contributed by atoms with E-state index in [0.29, 0.717) is 12.1 Å². The highest BCUT2D eigenvalue weighted by molar-refractivity contribution is 5.70. The Hall–Kier alpha value is -3.31. The van der Waals surface area contributed by atoms with Gasteiger partial charge < -0.3 is 13.7 Å². The summed E-state index contributed by atoms with van der Waals surface area (Å²) < 4.78 is 92.6. The average molecular weight is 434 g/mol. The van der Waals surface area contributed by atoms with Gasteiger partial charge in [0.15, 0.2) is 5.76 Å². The first-order valence-electron chi connectivity index (χ1n) is 8.34. The lowest BCUT2D eigenvalue weighted by Gasteiger charge is -2.21. The molecule has 30 heavy (non-hydrogen) atoms. The highest BCUT2D eigenvalue weighted by Crippen LogP contribution is 2.38. The van der Waals surface area contributed by atoms with Gasteiger partial charge in [0.2, 0.25) is 17.8 Å². The molecule has 0 fully saturated rings. The summed E-state index contributed by atoms with van der Waals surface area (Å²) in [5, 5.41) is 3.60. The number of rotatable bonds is 6. The Kier molecular flexibility index (Phi) is 5.85. The summed E-state index contributed by atoms with van der Waals surface area (Å²) in [7, 11) is 0. The van der Waals surface area contributed by atoms with E-state index in [1.807, 2.05) is 0 Å². The topological polar surface area (TPSA) is 78.4 Å². The third-order valence-electron chi connectivity index (χ3n) is 3.82. The molecule has 0 saturated carbocycles. The fourth-order valence-corrected chi connectivity index (χ4v) is 2.46. The van der Waals surface area contributed by atoms with E-state index in [1.165, 1.54) is 6.26 Å². The predicted molar refractivity (Wildman–Crippen MR) is 86.7 cm³/mol. The molecule has 2 heterocycles. The van der Waals surface area contributed by atoms with Gasteiger partial charge in [-0.2, -0.15) is 31.3 Å². The molecule has 0 amide bonds. The molecule has 6 nitrogen and oxygen atoms in total. The summed E-state index contributed by atoms with van der Waals surface area (Å²) in [6, 6.07) is 5.64. The number of hydrogen-bond donors (Lipinski definition) is 0. The van der Waals surface area contributed by atoms with Crippen molar-refractivity contribution in [3.8, 4) is 11.6 Å². The molecule has 0 N–H and O–H groups in total. The van der Waals surface area contributed by atoms with Crippen LogP contribution in [0.15, 0.2) is 51.6 Å². The van der Waals surface area contributed by atoms with Gasteiger partial charge in [0.25, 0.3) is 0 Å². The number of hydrogen-bond acceptors (Lipinski definition) is 6. The van der Waals surface area contributed by atoms with Crippen molar-refractivity contribution in [1.82, 2.24) is 10.1 Å². The Bertz CT molecular complexity index is 995. The summed E-state index contributed by atoms with van der Waals surface area (Å²) >= 11 is 0. The number of nitrogens with zero attached hydrogens (tertiary/aromatic N) is 2. The number of aromatic nitrogens is 2. The van der Waals surface area contributed by atoms with Crippen LogP contribution in [0.1, 0.15) is 29.5 Å². The summed E-state index contributed by atoms with van der Waals surface area (Å²) in [5.41, 5.74) is -2.13. The molecule has 0 spiro atoms. The van der Waals surface area contributed by atoms with Gasteiger partial charge in [-0.1, -0.05) is 17.3 Å². The SMILES string of the molecule is O=C(CCc1nc(-c2ccco2)no1)O[C@@H](c1cccc(C(F)(F)F)c1)C(F)(F)F. The van der Waals surface area contributed by atoms with Gasteiger partial charge in [-0.05, 0) is 24.3 Å². The zero-order chi connectivity index (χ0) is 21.9. The lowest BCUT2D eigenvalue weighted by atomic mass is 10.1. The molecule has 0 unspecified atom stereocenters. The van der Waals surface area contributed by atoms with Gasteiger partial charge in [-0.15, -0.1) is 0 Å². The number of benzene rings is 1. The van der Waals surface area contributed by atoms with Crippen molar-refractivity contribution in [3.05, 3.63) is 59.7 Å². The highest BCUT2D eigenvalue weighted by Gasteiger charge is 2.45. The summed E-state index contributed by atoms with van der Waals surface area (Å²) in [6.07, 6.45) is -12.2. The second-order valence-electron chi connectivity index (χ2n) is 6.02. The zero-order valence-corrected chi connectivity index (χ0v) is 14.8. The maximum Gasteiger partial charge on any atom is 0.429 e. The van der Waals surface area contributed by atoms with Crippen LogP contribution in [-0.4, -0.2) is 22.3 Å². The third kappa shape index (κ3) is 5.19. The first kappa shape index (κ1) is 21.4. The van der Waals surface area contributed by atoms with Crippen molar-refractivity contribution in [3.63, 3.8) is 0 Å². The Labute approximate surface area is 164 Å². The van der Waals surface area contributed by atoms with Crippen LogP contribution >= 0.6 is 0 Å². The third-order valence-corrected chi connectivity index (χ3v) is 3.82. The van der Waals surface area contributed by atoms with Crippen LogP contribution in [0, 0.1) is 0 Å². The van der Waals surface area contributed by atoms with Crippen LogP contribution in [0.25, 0.3) is 11.6 Å². The Morgan fingerprint density at radius 3 is 2.50 bits per heavy atom. The number of aryl methyl sites for hydroxylation is 1. The average Bonchev–Trinajstić information content (AvgIpc) is 3.34. The minimum absolute atomic E-state index is 0.0547. The van der Waals surface area contributed by atoms with Crippen molar-refractivity contribution in [2.45, 2.75) is 31.3 Å². The first-order chi connectivity index (χ1) is 14.0. The van der Waals surface area contributed by atoms with Crippen molar-refractivity contribution >= 4 is 5.97 Å². The summed E-state index contributed by atoms with van der Waals surface area (Å²) in [5.74, 6) is -0.983. The molecule has 2 aromatic heterocycles. The predicted octanol–water partition coefficient (Wildman–Crippen LogP) is 5.13. The van der Waals surface area contributed by atoms with Gasteiger partial charge in [0, 0.05) is 12.0 Å². The van der Waals surface area contributed by atoms with E-state index in [0.717, 1.165) is 12.1 Å². The number of furan rings is 1. The first-order valence-corrected chi connectivity index (χ1v) is 8.34.